The topological polar surface area (TPSA) is 74.6 Å². The normalized spacial score (nSPS) is 16.8. The summed E-state index contributed by atoms with van der Waals surface area (Å²) in [5.41, 5.74) is 2.85. The smallest absolute Gasteiger partial charge is 0.283 e. The number of rotatable bonds is 6. The fourth-order valence-corrected chi connectivity index (χ4v) is 3.82. The lowest BCUT2D eigenvalue weighted by molar-refractivity contribution is 0.0967. The molecule has 1 unspecified atom stereocenters. The van der Waals surface area contributed by atoms with Gasteiger partial charge in [0.2, 0.25) is 0 Å². The largest absolute Gasteiger partial charge is 0.497 e. The first-order valence-corrected chi connectivity index (χ1v) is 9.77. The van der Waals surface area contributed by atoms with E-state index in [1.54, 1.807) is 7.11 Å². The fourth-order valence-electron chi connectivity index (χ4n) is 3.03. The Morgan fingerprint density at radius 3 is 2.79 bits per heavy atom. The van der Waals surface area contributed by atoms with Gasteiger partial charge < -0.3 is 24.1 Å². The molecule has 1 atom stereocenters. The standard InChI is InChI=1S/C20H21N3O4S/c1-23-17-10-15(25-2)7-8-16(17)22-18(23)11-26-14-5-3-13(4-6-14)9-19-27-12-21-20(24)28-19/h3-8,10,19H,9,11-12H2,1-2H3,(H,21,24). The number of aryl methyl sites for hydroxylation is 1. The number of methoxy groups -OCH3 is 1. The van der Waals surface area contributed by atoms with Crippen LogP contribution in [0.15, 0.2) is 42.5 Å². The van der Waals surface area contributed by atoms with Gasteiger partial charge in [-0.1, -0.05) is 12.1 Å². The molecule has 1 N–H and O–H groups in total. The summed E-state index contributed by atoms with van der Waals surface area (Å²) in [7, 11) is 3.62. The van der Waals surface area contributed by atoms with Crippen molar-refractivity contribution in [3.63, 3.8) is 0 Å². The fraction of sp³-hybridized carbons (Fsp3) is 0.300. The molecule has 1 aliphatic heterocycles. The number of imidazole rings is 1. The second-order valence-electron chi connectivity index (χ2n) is 6.40. The maximum Gasteiger partial charge on any atom is 0.283 e. The van der Waals surface area contributed by atoms with E-state index in [0.717, 1.165) is 33.9 Å². The van der Waals surface area contributed by atoms with Gasteiger partial charge in [-0.2, -0.15) is 0 Å². The van der Waals surface area contributed by atoms with E-state index in [1.807, 2.05) is 54.1 Å². The second kappa shape index (κ2) is 8.12. The highest BCUT2D eigenvalue weighted by Crippen LogP contribution is 2.24. The highest BCUT2D eigenvalue weighted by molar-refractivity contribution is 8.14. The molecule has 4 rings (SSSR count). The van der Waals surface area contributed by atoms with Crippen molar-refractivity contribution in [2.45, 2.75) is 18.5 Å². The molecule has 0 spiro atoms. The number of carbonyl (C=O) groups is 1. The number of nitrogens with zero attached hydrogens (tertiary/aromatic N) is 2. The Kier molecular flexibility index (Phi) is 5.40. The molecule has 1 fully saturated rings. The summed E-state index contributed by atoms with van der Waals surface area (Å²) in [5.74, 6) is 2.41. The lowest BCUT2D eigenvalue weighted by Crippen LogP contribution is -2.33. The van der Waals surface area contributed by atoms with E-state index in [9.17, 15) is 4.79 Å². The molecule has 28 heavy (non-hydrogen) atoms. The van der Waals surface area contributed by atoms with E-state index < -0.39 is 0 Å². The number of amides is 1. The Morgan fingerprint density at radius 1 is 1.25 bits per heavy atom. The number of aromatic nitrogens is 2. The summed E-state index contributed by atoms with van der Waals surface area (Å²) >= 11 is 1.18. The molecule has 8 heteroatoms. The number of carbonyl (C=O) groups excluding carboxylic acids is 1. The van der Waals surface area contributed by atoms with Crippen LogP contribution in [0, 0.1) is 0 Å². The molecule has 0 bridgehead atoms. The number of thioether (sulfide) groups is 1. The first-order valence-electron chi connectivity index (χ1n) is 8.89. The zero-order chi connectivity index (χ0) is 19.5. The van der Waals surface area contributed by atoms with Crippen LogP contribution in [0.4, 0.5) is 4.79 Å². The third-order valence-corrected chi connectivity index (χ3v) is 5.52. The molecule has 146 valence electrons. The van der Waals surface area contributed by atoms with Crippen molar-refractivity contribution in [1.82, 2.24) is 14.9 Å². The van der Waals surface area contributed by atoms with Crippen LogP contribution in [-0.4, -0.2) is 34.1 Å². The number of hydrogen-bond acceptors (Lipinski definition) is 6. The maximum absolute atomic E-state index is 11.4. The Labute approximate surface area is 167 Å². The maximum atomic E-state index is 11.4. The molecule has 3 aromatic rings. The third-order valence-electron chi connectivity index (χ3n) is 4.60. The van der Waals surface area contributed by atoms with E-state index in [4.69, 9.17) is 14.2 Å². The summed E-state index contributed by atoms with van der Waals surface area (Å²) < 4.78 is 18.7. The first kappa shape index (κ1) is 18.6. The van der Waals surface area contributed by atoms with Gasteiger partial charge >= 0.3 is 0 Å². The summed E-state index contributed by atoms with van der Waals surface area (Å²) in [6, 6.07) is 13.6. The first-order chi connectivity index (χ1) is 13.6. The van der Waals surface area contributed by atoms with Crippen molar-refractivity contribution in [3.05, 3.63) is 53.9 Å². The molecule has 1 saturated heterocycles. The second-order valence-corrected chi connectivity index (χ2v) is 7.53. The van der Waals surface area contributed by atoms with Crippen LogP contribution in [0.3, 0.4) is 0 Å². The van der Waals surface area contributed by atoms with E-state index in [-0.39, 0.29) is 17.4 Å². The van der Waals surface area contributed by atoms with Crippen LogP contribution in [-0.2, 0) is 24.8 Å². The SMILES string of the molecule is COc1ccc2nc(COc3ccc(CC4OCNC(=O)S4)cc3)n(C)c2c1. The van der Waals surface area contributed by atoms with Crippen molar-refractivity contribution in [3.8, 4) is 11.5 Å². The van der Waals surface area contributed by atoms with Gasteiger partial charge in [-0.15, -0.1) is 0 Å². The molecule has 1 aromatic heterocycles. The Balaban J connectivity index is 1.39. The lowest BCUT2D eigenvalue weighted by atomic mass is 10.1. The van der Waals surface area contributed by atoms with Gasteiger partial charge in [0.05, 0.1) is 18.1 Å². The average Bonchev–Trinajstić information content (AvgIpc) is 3.02. The van der Waals surface area contributed by atoms with Crippen molar-refractivity contribution in [2.75, 3.05) is 13.8 Å². The predicted octanol–water partition coefficient (Wildman–Crippen LogP) is 3.46. The number of hydrogen-bond donors (Lipinski definition) is 1. The van der Waals surface area contributed by atoms with Crippen molar-refractivity contribution in [2.24, 2.45) is 7.05 Å². The highest BCUT2D eigenvalue weighted by atomic mass is 32.2. The minimum Gasteiger partial charge on any atom is -0.497 e. The van der Waals surface area contributed by atoms with Crippen LogP contribution in [0.1, 0.15) is 11.4 Å². The van der Waals surface area contributed by atoms with Crippen LogP contribution in [0.25, 0.3) is 11.0 Å². The Hall–Kier alpha value is -2.71. The molecule has 0 radical (unpaired) electrons. The van der Waals surface area contributed by atoms with Gasteiger partial charge in [-0.3, -0.25) is 4.79 Å². The minimum atomic E-state index is -0.155. The molecule has 1 amide bonds. The predicted molar refractivity (Wildman–Crippen MR) is 108 cm³/mol. The molecular weight excluding hydrogens is 378 g/mol. The van der Waals surface area contributed by atoms with Crippen LogP contribution in [0.5, 0.6) is 11.5 Å². The molecule has 7 nitrogen and oxygen atoms in total. The van der Waals surface area contributed by atoms with Gasteiger partial charge in [0.25, 0.3) is 5.24 Å². The Bertz CT molecular complexity index is 987. The quantitative estimate of drug-likeness (QED) is 0.684. The van der Waals surface area contributed by atoms with E-state index in [1.165, 1.54) is 11.8 Å². The van der Waals surface area contributed by atoms with Crippen molar-refractivity contribution >= 4 is 28.0 Å². The third kappa shape index (κ3) is 4.07. The van der Waals surface area contributed by atoms with Gasteiger partial charge in [0.15, 0.2) is 0 Å². The van der Waals surface area contributed by atoms with Gasteiger partial charge in [0, 0.05) is 19.5 Å². The van der Waals surface area contributed by atoms with Crippen molar-refractivity contribution in [1.29, 1.82) is 0 Å². The number of benzene rings is 2. The lowest BCUT2D eigenvalue weighted by Gasteiger charge is -2.21. The summed E-state index contributed by atoms with van der Waals surface area (Å²) in [4.78, 5) is 16.0. The zero-order valence-electron chi connectivity index (χ0n) is 15.7. The summed E-state index contributed by atoms with van der Waals surface area (Å²) in [6.07, 6.45) is 0.672. The zero-order valence-corrected chi connectivity index (χ0v) is 16.5. The average molecular weight is 399 g/mol. The highest BCUT2D eigenvalue weighted by Gasteiger charge is 2.20. The van der Waals surface area contributed by atoms with Crippen molar-refractivity contribution < 1.29 is 19.0 Å². The van der Waals surface area contributed by atoms with Crippen LogP contribution >= 0.6 is 11.8 Å². The summed E-state index contributed by atoms with van der Waals surface area (Å²) in [5, 5.41) is 2.58. The molecule has 0 saturated carbocycles. The van der Waals surface area contributed by atoms with Gasteiger partial charge in [-0.25, -0.2) is 4.98 Å². The van der Waals surface area contributed by atoms with E-state index >= 15 is 0 Å². The molecule has 2 aromatic carbocycles. The van der Waals surface area contributed by atoms with Crippen LogP contribution in [0.2, 0.25) is 0 Å². The number of ether oxygens (including phenoxy) is 3. The van der Waals surface area contributed by atoms with Crippen LogP contribution < -0.4 is 14.8 Å². The van der Waals surface area contributed by atoms with E-state index in [0.29, 0.717) is 13.0 Å². The molecule has 2 heterocycles. The molecule has 0 aliphatic carbocycles. The number of nitrogens with one attached hydrogen (secondary N) is 1. The van der Waals surface area contributed by atoms with Gasteiger partial charge in [0.1, 0.15) is 36.1 Å². The monoisotopic (exact) mass is 399 g/mol. The summed E-state index contributed by atoms with van der Waals surface area (Å²) in [6.45, 7) is 0.635. The van der Waals surface area contributed by atoms with E-state index in [2.05, 4.69) is 10.3 Å². The Morgan fingerprint density at radius 2 is 2.04 bits per heavy atom. The molecular formula is C20H21N3O4S. The molecule has 1 aliphatic rings. The number of fused-ring (bicyclic) bond motifs is 1. The minimum absolute atomic E-state index is 0.0451. The van der Waals surface area contributed by atoms with Gasteiger partial charge in [-0.05, 0) is 41.6 Å².